The summed E-state index contributed by atoms with van der Waals surface area (Å²) in [6.45, 7) is 4.26. The Morgan fingerprint density at radius 3 is 2.00 bits per heavy atom. The van der Waals surface area contributed by atoms with E-state index in [0.29, 0.717) is 5.92 Å². The molecule has 0 unspecified atom stereocenters. The van der Waals surface area contributed by atoms with Crippen molar-refractivity contribution >= 4 is 9.28 Å². The SMILES string of the molecule is CO[SiH](C=CC(C)C)OC. The molecular weight excluding hydrogens is 144 g/mol. The summed E-state index contributed by atoms with van der Waals surface area (Å²) in [6, 6.07) is 0. The average Bonchev–Trinajstić information content (AvgIpc) is 1.90. The molecule has 0 aliphatic carbocycles. The minimum absolute atomic E-state index is 0.584. The van der Waals surface area contributed by atoms with Crippen molar-refractivity contribution in [3.05, 3.63) is 11.8 Å². The maximum absolute atomic E-state index is 5.08. The van der Waals surface area contributed by atoms with E-state index < -0.39 is 9.28 Å². The minimum Gasteiger partial charge on any atom is -0.397 e. The van der Waals surface area contributed by atoms with Gasteiger partial charge >= 0.3 is 9.28 Å². The second kappa shape index (κ2) is 5.65. The van der Waals surface area contributed by atoms with Gasteiger partial charge in [-0.05, 0) is 11.6 Å². The molecule has 0 aromatic carbocycles. The van der Waals surface area contributed by atoms with Crippen LogP contribution in [-0.2, 0) is 8.85 Å². The molecule has 0 saturated heterocycles. The van der Waals surface area contributed by atoms with Crippen LogP contribution in [0.25, 0.3) is 0 Å². The lowest BCUT2D eigenvalue weighted by Gasteiger charge is -2.04. The smallest absolute Gasteiger partial charge is 0.347 e. The van der Waals surface area contributed by atoms with Gasteiger partial charge in [-0.2, -0.15) is 0 Å². The maximum Gasteiger partial charge on any atom is 0.347 e. The highest BCUT2D eigenvalue weighted by Crippen LogP contribution is 1.95. The van der Waals surface area contributed by atoms with Crippen LogP contribution in [0.1, 0.15) is 13.8 Å². The lowest BCUT2D eigenvalue weighted by molar-refractivity contribution is 0.290. The molecule has 0 bridgehead atoms. The van der Waals surface area contributed by atoms with Gasteiger partial charge in [0.15, 0.2) is 0 Å². The first kappa shape index (κ1) is 9.88. The largest absolute Gasteiger partial charge is 0.397 e. The second-order valence-corrected chi connectivity index (χ2v) is 4.53. The molecule has 60 valence electrons. The van der Waals surface area contributed by atoms with Crippen molar-refractivity contribution in [1.29, 1.82) is 0 Å². The molecule has 0 aromatic heterocycles. The van der Waals surface area contributed by atoms with E-state index in [-0.39, 0.29) is 0 Å². The molecule has 2 nitrogen and oxygen atoms in total. The summed E-state index contributed by atoms with van der Waals surface area (Å²) in [5.74, 6) is 0.584. The van der Waals surface area contributed by atoms with Gasteiger partial charge in [0.05, 0.1) is 0 Å². The van der Waals surface area contributed by atoms with Gasteiger partial charge in [-0.3, -0.25) is 0 Å². The summed E-state index contributed by atoms with van der Waals surface area (Å²) in [7, 11) is 1.94. The Balaban J connectivity index is 3.61. The quantitative estimate of drug-likeness (QED) is 0.576. The third-order valence-corrected chi connectivity index (χ3v) is 2.58. The van der Waals surface area contributed by atoms with Gasteiger partial charge in [-0.25, -0.2) is 0 Å². The molecule has 0 fully saturated rings. The molecule has 0 rings (SSSR count). The maximum atomic E-state index is 5.08. The Kier molecular flexibility index (Phi) is 5.58. The fourth-order valence-corrected chi connectivity index (χ4v) is 1.70. The fourth-order valence-electron chi connectivity index (χ4n) is 0.566. The fraction of sp³-hybridized carbons (Fsp3) is 0.714. The van der Waals surface area contributed by atoms with E-state index in [1.54, 1.807) is 14.2 Å². The number of hydrogen-bond donors (Lipinski definition) is 0. The van der Waals surface area contributed by atoms with Gasteiger partial charge in [-0.1, -0.05) is 19.9 Å². The van der Waals surface area contributed by atoms with Crippen molar-refractivity contribution in [2.75, 3.05) is 14.2 Å². The van der Waals surface area contributed by atoms with E-state index in [1.807, 2.05) is 5.70 Å². The van der Waals surface area contributed by atoms with Gasteiger partial charge in [0.1, 0.15) is 0 Å². The lowest BCUT2D eigenvalue weighted by atomic mass is 10.2. The first-order chi connectivity index (χ1) is 4.70. The third kappa shape index (κ3) is 4.73. The van der Waals surface area contributed by atoms with Gasteiger partial charge < -0.3 is 8.85 Å². The highest BCUT2D eigenvalue weighted by atomic mass is 28.3. The molecular formula is C7H16O2Si. The van der Waals surface area contributed by atoms with E-state index in [2.05, 4.69) is 19.9 Å². The average molecular weight is 160 g/mol. The molecule has 0 radical (unpaired) electrons. The first-order valence-electron chi connectivity index (χ1n) is 3.44. The summed E-state index contributed by atoms with van der Waals surface area (Å²) in [4.78, 5) is 0. The van der Waals surface area contributed by atoms with E-state index in [0.717, 1.165) is 0 Å². The van der Waals surface area contributed by atoms with Crippen molar-refractivity contribution in [2.24, 2.45) is 5.92 Å². The molecule has 0 aromatic rings. The van der Waals surface area contributed by atoms with Crippen LogP contribution in [0.5, 0.6) is 0 Å². The lowest BCUT2D eigenvalue weighted by Crippen LogP contribution is -2.15. The summed E-state index contributed by atoms with van der Waals surface area (Å²) in [5, 5.41) is 0. The van der Waals surface area contributed by atoms with Crippen LogP contribution >= 0.6 is 0 Å². The highest BCUT2D eigenvalue weighted by molar-refractivity contribution is 6.50. The summed E-state index contributed by atoms with van der Waals surface area (Å²) < 4.78 is 10.2. The van der Waals surface area contributed by atoms with Crippen molar-refractivity contribution < 1.29 is 8.85 Å². The van der Waals surface area contributed by atoms with Crippen LogP contribution < -0.4 is 0 Å². The molecule has 0 N–H and O–H groups in total. The zero-order valence-electron chi connectivity index (χ0n) is 7.13. The zero-order chi connectivity index (χ0) is 7.98. The van der Waals surface area contributed by atoms with Crippen LogP contribution in [-0.4, -0.2) is 23.5 Å². The van der Waals surface area contributed by atoms with E-state index >= 15 is 0 Å². The van der Waals surface area contributed by atoms with E-state index in [1.165, 1.54) is 0 Å². The molecule has 0 spiro atoms. The third-order valence-electron chi connectivity index (χ3n) is 1.12. The second-order valence-electron chi connectivity index (χ2n) is 2.47. The van der Waals surface area contributed by atoms with E-state index in [4.69, 9.17) is 8.85 Å². The normalized spacial score (nSPS) is 12.2. The van der Waals surface area contributed by atoms with Crippen LogP contribution in [0, 0.1) is 5.92 Å². The van der Waals surface area contributed by atoms with Crippen LogP contribution in [0.4, 0.5) is 0 Å². The predicted octanol–water partition coefficient (Wildman–Crippen LogP) is 1.25. The van der Waals surface area contributed by atoms with Crippen LogP contribution in [0.2, 0.25) is 0 Å². The monoisotopic (exact) mass is 160 g/mol. The molecule has 0 amide bonds. The number of hydrogen-bond acceptors (Lipinski definition) is 2. The molecule has 10 heavy (non-hydrogen) atoms. The Hall–Kier alpha value is -0.123. The zero-order valence-corrected chi connectivity index (χ0v) is 8.28. The Morgan fingerprint density at radius 1 is 1.20 bits per heavy atom. The molecule has 3 heteroatoms. The van der Waals surface area contributed by atoms with Crippen molar-refractivity contribution in [1.82, 2.24) is 0 Å². The Labute approximate surface area is 64.7 Å². The predicted molar refractivity (Wildman–Crippen MR) is 45.1 cm³/mol. The van der Waals surface area contributed by atoms with Crippen LogP contribution in [0.3, 0.4) is 0 Å². The highest BCUT2D eigenvalue weighted by Gasteiger charge is 2.02. The Morgan fingerprint density at radius 2 is 1.70 bits per heavy atom. The standard InChI is InChI=1S/C7H16O2Si/c1-7(2)5-6-10(8-3)9-4/h5-7,10H,1-4H3. The molecule has 0 atom stereocenters. The molecule has 0 saturated carbocycles. The first-order valence-corrected chi connectivity index (χ1v) is 5.05. The topological polar surface area (TPSA) is 18.5 Å². The molecule has 0 aliphatic heterocycles. The molecule has 0 heterocycles. The van der Waals surface area contributed by atoms with Crippen molar-refractivity contribution in [3.8, 4) is 0 Å². The number of rotatable bonds is 4. The van der Waals surface area contributed by atoms with E-state index in [9.17, 15) is 0 Å². The molecule has 0 aliphatic rings. The van der Waals surface area contributed by atoms with Crippen molar-refractivity contribution in [3.63, 3.8) is 0 Å². The Bertz CT molecular complexity index is 97.8. The summed E-state index contributed by atoms with van der Waals surface area (Å²) in [6.07, 6.45) is 2.11. The number of allylic oxidation sites excluding steroid dienone is 1. The summed E-state index contributed by atoms with van der Waals surface area (Å²) in [5.41, 5.74) is 2.05. The van der Waals surface area contributed by atoms with Gasteiger partial charge in [0.25, 0.3) is 0 Å². The van der Waals surface area contributed by atoms with Gasteiger partial charge in [0.2, 0.25) is 0 Å². The van der Waals surface area contributed by atoms with Gasteiger partial charge in [0, 0.05) is 14.2 Å². The van der Waals surface area contributed by atoms with Gasteiger partial charge in [-0.15, -0.1) is 0 Å². The van der Waals surface area contributed by atoms with Crippen LogP contribution in [0.15, 0.2) is 11.8 Å². The van der Waals surface area contributed by atoms with Crippen molar-refractivity contribution in [2.45, 2.75) is 13.8 Å². The summed E-state index contributed by atoms with van der Waals surface area (Å²) >= 11 is 0. The minimum atomic E-state index is -1.43.